The summed E-state index contributed by atoms with van der Waals surface area (Å²) in [5.74, 6) is 6.14. The van der Waals surface area contributed by atoms with E-state index in [0.29, 0.717) is 5.96 Å². The third-order valence-electron chi connectivity index (χ3n) is 3.04. The minimum absolute atomic E-state index is 0.159. The molecule has 0 amide bonds. The summed E-state index contributed by atoms with van der Waals surface area (Å²) in [6.45, 7) is 3.69. The molecule has 0 aromatic rings. The molecular formula is C11H24N4O. The Hall–Kier alpha value is -0.810. The Morgan fingerprint density at radius 1 is 1.44 bits per heavy atom. The minimum atomic E-state index is 0.159. The molecule has 94 valence electrons. The highest BCUT2D eigenvalue weighted by atomic mass is 16.5. The largest absolute Gasteiger partial charge is 0.385 e. The van der Waals surface area contributed by atoms with E-state index in [-0.39, 0.29) is 5.54 Å². The van der Waals surface area contributed by atoms with Crippen LogP contribution in [-0.2, 0) is 4.74 Å². The van der Waals surface area contributed by atoms with Crippen molar-refractivity contribution in [2.75, 3.05) is 20.3 Å². The molecule has 1 aliphatic rings. The van der Waals surface area contributed by atoms with Gasteiger partial charge in [0.1, 0.15) is 0 Å². The van der Waals surface area contributed by atoms with Gasteiger partial charge in [-0.05, 0) is 26.2 Å². The lowest BCUT2D eigenvalue weighted by Gasteiger charge is -2.27. The van der Waals surface area contributed by atoms with Crippen molar-refractivity contribution >= 4 is 5.96 Å². The second kappa shape index (κ2) is 6.70. The van der Waals surface area contributed by atoms with Gasteiger partial charge < -0.3 is 10.1 Å². The van der Waals surface area contributed by atoms with Crippen molar-refractivity contribution in [3.8, 4) is 0 Å². The molecule has 0 saturated heterocycles. The van der Waals surface area contributed by atoms with E-state index in [1.165, 1.54) is 25.7 Å². The first-order chi connectivity index (χ1) is 7.70. The molecule has 0 heterocycles. The van der Waals surface area contributed by atoms with Crippen LogP contribution in [0.3, 0.4) is 0 Å². The van der Waals surface area contributed by atoms with E-state index in [1.54, 1.807) is 7.11 Å². The number of hydrazine groups is 1. The Balaban J connectivity index is 2.35. The van der Waals surface area contributed by atoms with Crippen molar-refractivity contribution in [1.29, 1.82) is 0 Å². The molecule has 5 heteroatoms. The molecule has 1 saturated carbocycles. The Morgan fingerprint density at radius 2 is 2.12 bits per heavy atom. The Kier molecular flexibility index (Phi) is 5.55. The number of hydrogen-bond donors (Lipinski definition) is 3. The summed E-state index contributed by atoms with van der Waals surface area (Å²) in [5.41, 5.74) is 2.79. The van der Waals surface area contributed by atoms with Gasteiger partial charge >= 0.3 is 0 Å². The fraction of sp³-hybridized carbons (Fsp3) is 0.909. The lowest BCUT2D eigenvalue weighted by atomic mass is 10.0. The molecule has 16 heavy (non-hydrogen) atoms. The van der Waals surface area contributed by atoms with E-state index < -0.39 is 0 Å². The molecule has 4 N–H and O–H groups in total. The summed E-state index contributed by atoms with van der Waals surface area (Å²) in [6.07, 6.45) is 5.85. The molecule has 1 fully saturated rings. The maximum atomic E-state index is 5.45. The van der Waals surface area contributed by atoms with E-state index >= 15 is 0 Å². The molecule has 0 aromatic carbocycles. The van der Waals surface area contributed by atoms with Crippen LogP contribution in [0, 0.1) is 0 Å². The van der Waals surface area contributed by atoms with E-state index in [1.807, 2.05) is 0 Å². The third-order valence-corrected chi connectivity index (χ3v) is 3.04. The first kappa shape index (κ1) is 13.3. The predicted octanol–water partition coefficient (Wildman–Crippen LogP) is 0.764. The topological polar surface area (TPSA) is 71.7 Å². The van der Waals surface area contributed by atoms with Crippen LogP contribution in [0.5, 0.6) is 0 Å². The number of nitrogens with two attached hydrogens (primary N) is 1. The summed E-state index contributed by atoms with van der Waals surface area (Å²) < 4.78 is 4.97. The van der Waals surface area contributed by atoms with Crippen LogP contribution in [0.2, 0.25) is 0 Å². The van der Waals surface area contributed by atoms with Crippen molar-refractivity contribution in [1.82, 2.24) is 10.7 Å². The standard InChI is InChI=1S/C11H24N4O/c1-11(6-3-4-7-11)14-10(15-12)13-8-5-9-16-2/h3-9,12H2,1-2H3,(H2,13,14,15). The molecule has 0 radical (unpaired) electrons. The number of guanidine groups is 1. The number of nitrogens with one attached hydrogen (secondary N) is 2. The molecule has 0 atom stereocenters. The number of ether oxygens (including phenoxy) is 1. The number of hydrogen-bond acceptors (Lipinski definition) is 3. The van der Waals surface area contributed by atoms with Crippen LogP contribution in [0.1, 0.15) is 39.0 Å². The van der Waals surface area contributed by atoms with Crippen LogP contribution >= 0.6 is 0 Å². The summed E-state index contributed by atoms with van der Waals surface area (Å²) in [4.78, 5) is 4.38. The maximum Gasteiger partial charge on any atom is 0.206 e. The molecule has 1 rings (SSSR count). The van der Waals surface area contributed by atoms with Crippen LogP contribution in [-0.4, -0.2) is 31.8 Å². The highest BCUT2D eigenvalue weighted by Crippen LogP contribution is 2.28. The van der Waals surface area contributed by atoms with Crippen molar-refractivity contribution in [2.45, 2.75) is 44.6 Å². The molecule has 0 bridgehead atoms. The second-order valence-electron chi connectivity index (χ2n) is 4.61. The van der Waals surface area contributed by atoms with Gasteiger partial charge in [0.25, 0.3) is 0 Å². The van der Waals surface area contributed by atoms with Crippen molar-refractivity contribution in [3.05, 3.63) is 0 Å². The summed E-state index contributed by atoms with van der Waals surface area (Å²) in [7, 11) is 1.70. The van der Waals surface area contributed by atoms with Crippen molar-refractivity contribution in [3.63, 3.8) is 0 Å². The van der Waals surface area contributed by atoms with Gasteiger partial charge in [0.15, 0.2) is 0 Å². The second-order valence-corrected chi connectivity index (χ2v) is 4.61. The lowest BCUT2D eigenvalue weighted by Crippen LogP contribution is -2.51. The average molecular weight is 228 g/mol. The van der Waals surface area contributed by atoms with E-state index in [0.717, 1.165) is 19.6 Å². The van der Waals surface area contributed by atoms with Gasteiger partial charge in [0.2, 0.25) is 5.96 Å². The molecule has 5 nitrogen and oxygen atoms in total. The van der Waals surface area contributed by atoms with Crippen LogP contribution in [0.4, 0.5) is 0 Å². The summed E-state index contributed by atoms with van der Waals surface area (Å²) >= 11 is 0. The zero-order valence-electron chi connectivity index (χ0n) is 10.4. The Labute approximate surface area is 97.8 Å². The number of rotatable bonds is 5. The Bertz CT molecular complexity index is 224. The lowest BCUT2D eigenvalue weighted by molar-refractivity contribution is 0.197. The van der Waals surface area contributed by atoms with E-state index in [4.69, 9.17) is 10.6 Å². The number of aliphatic imine (C=N–C) groups is 1. The molecule has 0 spiro atoms. The van der Waals surface area contributed by atoms with Gasteiger partial charge in [0.05, 0.1) is 0 Å². The van der Waals surface area contributed by atoms with Gasteiger partial charge in [-0.15, -0.1) is 0 Å². The maximum absolute atomic E-state index is 5.45. The van der Waals surface area contributed by atoms with Gasteiger partial charge in [-0.25, -0.2) is 5.84 Å². The molecule has 0 unspecified atom stereocenters. The van der Waals surface area contributed by atoms with Crippen LogP contribution in [0.15, 0.2) is 4.99 Å². The SMILES string of the molecule is COCCCN=C(NN)NC1(C)CCCC1. The molecular weight excluding hydrogens is 204 g/mol. The van der Waals surface area contributed by atoms with Crippen molar-refractivity contribution in [2.24, 2.45) is 10.8 Å². The molecule has 0 aromatic heterocycles. The number of nitrogens with zero attached hydrogens (tertiary/aromatic N) is 1. The zero-order valence-corrected chi connectivity index (χ0v) is 10.4. The summed E-state index contributed by atoms with van der Waals surface area (Å²) in [5, 5.41) is 3.39. The smallest absolute Gasteiger partial charge is 0.206 e. The monoisotopic (exact) mass is 228 g/mol. The quantitative estimate of drug-likeness (QED) is 0.214. The Morgan fingerprint density at radius 3 is 2.69 bits per heavy atom. The highest BCUT2D eigenvalue weighted by molar-refractivity contribution is 5.79. The highest BCUT2D eigenvalue weighted by Gasteiger charge is 2.29. The van der Waals surface area contributed by atoms with Crippen LogP contribution in [0.25, 0.3) is 0 Å². The first-order valence-electron chi connectivity index (χ1n) is 5.98. The number of methoxy groups -OCH3 is 1. The average Bonchev–Trinajstić information content (AvgIpc) is 2.70. The molecule has 0 aliphatic heterocycles. The zero-order chi connectivity index (χ0) is 11.9. The summed E-state index contributed by atoms with van der Waals surface area (Å²) in [6, 6.07) is 0. The van der Waals surface area contributed by atoms with Crippen molar-refractivity contribution < 1.29 is 4.74 Å². The fourth-order valence-corrected chi connectivity index (χ4v) is 2.09. The van der Waals surface area contributed by atoms with E-state index in [2.05, 4.69) is 22.7 Å². The minimum Gasteiger partial charge on any atom is -0.385 e. The predicted molar refractivity (Wildman–Crippen MR) is 66.1 cm³/mol. The van der Waals surface area contributed by atoms with Crippen LogP contribution < -0.4 is 16.6 Å². The molecule has 1 aliphatic carbocycles. The normalized spacial score (nSPS) is 19.8. The van der Waals surface area contributed by atoms with Gasteiger partial charge in [-0.1, -0.05) is 12.8 Å². The first-order valence-corrected chi connectivity index (χ1v) is 5.98. The van der Waals surface area contributed by atoms with Gasteiger partial charge in [0, 0.05) is 25.8 Å². The fourth-order valence-electron chi connectivity index (χ4n) is 2.09. The van der Waals surface area contributed by atoms with Gasteiger partial charge in [-0.2, -0.15) is 0 Å². The third kappa shape index (κ3) is 4.37. The van der Waals surface area contributed by atoms with Gasteiger partial charge in [-0.3, -0.25) is 10.4 Å². The van der Waals surface area contributed by atoms with E-state index in [9.17, 15) is 0 Å².